The van der Waals surface area contributed by atoms with Crippen LogP contribution in [0.5, 0.6) is 23.0 Å². The van der Waals surface area contributed by atoms with Crippen molar-refractivity contribution in [2.24, 2.45) is 0 Å². The Morgan fingerprint density at radius 2 is 0.971 bits per heavy atom. The molecule has 0 heterocycles. The lowest BCUT2D eigenvalue weighted by Gasteiger charge is -2.14. The van der Waals surface area contributed by atoms with Crippen molar-refractivity contribution in [3.63, 3.8) is 0 Å². The van der Waals surface area contributed by atoms with E-state index < -0.39 is 0 Å². The molecule has 5 heteroatoms. The maximum atomic E-state index is 6.03. The van der Waals surface area contributed by atoms with Gasteiger partial charge in [0.05, 0.1) is 14.2 Å². The predicted molar refractivity (Wildman–Crippen MR) is 138 cm³/mol. The summed E-state index contributed by atoms with van der Waals surface area (Å²) in [5.41, 5.74) is 4.46. The molecule has 4 rings (SSSR count). The molecule has 0 spiro atoms. The Morgan fingerprint density at radius 1 is 0.486 bits per heavy atom. The Bertz CT molecular complexity index is 1200. The second-order valence-electron chi connectivity index (χ2n) is 8.12. The van der Waals surface area contributed by atoms with Crippen molar-refractivity contribution in [2.75, 3.05) is 14.2 Å². The van der Waals surface area contributed by atoms with Gasteiger partial charge < -0.3 is 24.3 Å². The molecule has 35 heavy (non-hydrogen) atoms. The molecule has 0 aliphatic rings. The summed E-state index contributed by atoms with van der Waals surface area (Å²) in [5, 5.41) is 3.49. The van der Waals surface area contributed by atoms with E-state index in [0.29, 0.717) is 26.3 Å². The molecule has 0 bridgehead atoms. The van der Waals surface area contributed by atoms with Gasteiger partial charge >= 0.3 is 0 Å². The summed E-state index contributed by atoms with van der Waals surface area (Å²) >= 11 is 0. The third-order valence-corrected chi connectivity index (χ3v) is 5.59. The Kier molecular flexibility index (Phi) is 8.63. The van der Waals surface area contributed by atoms with Crippen molar-refractivity contribution in [1.29, 1.82) is 0 Å². The maximum absolute atomic E-state index is 6.03. The van der Waals surface area contributed by atoms with Crippen LogP contribution in [0.2, 0.25) is 0 Å². The van der Waals surface area contributed by atoms with Crippen LogP contribution in [0, 0.1) is 0 Å². The molecule has 0 unspecified atom stereocenters. The van der Waals surface area contributed by atoms with Crippen LogP contribution in [0.4, 0.5) is 0 Å². The highest BCUT2D eigenvalue weighted by molar-refractivity contribution is 5.44. The number of methoxy groups -OCH3 is 2. The largest absolute Gasteiger partial charge is 0.493 e. The van der Waals surface area contributed by atoms with Gasteiger partial charge in [0.25, 0.3) is 0 Å². The van der Waals surface area contributed by atoms with Crippen molar-refractivity contribution < 1.29 is 18.9 Å². The molecule has 5 nitrogen and oxygen atoms in total. The van der Waals surface area contributed by atoms with Gasteiger partial charge in [-0.1, -0.05) is 72.8 Å². The molecule has 0 aliphatic carbocycles. The lowest BCUT2D eigenvalue weighted by atomic mass is 10.1. The topological polar surface area (TPSA) is 49.0 Å². The fourth-order valence-electron chi connectivity index (χ4n) is 3.71. The van der Waals surface area contributed by atoms with Crippen molar-refractivity contribution in [1.82, 2.24) is 5.32 Å². The molecule has 0 saturated heterocycles. The first-order chi connectivity index (χ1) is 17.2. The molecule has 0 fully saturated rings. The second-order valence-corrected chi connectivity index (χ2v) is 8.12. The van der Waals surface area contributed by atoms with Gasteiger partial charge in [-0.3, -0.25) is 0 Å². The summed E-state index contributed by atoms with van der Waals surface area (Å²) in [6, 6.07) is 32.2. The Balaban J connectivity index is 1.33. The van der Waals surface area contributed by atoms with E-state index in [1.165, 1.54) is 0 Å². The molecule has 0 saturated carbocycles. The van der Waals surface area contributed by atoms with Gasteiger partial charge in [0.2, 0.25) is 0 Å². The Morgan fingerprint density at radius 3 is 1.51 bits per heavy atom. The van der Waals surface area contributed by atoms with E-state index in [-0.39, 0.29) is 0 Å². The van der Waals surface area contributed by atoms with E-state index in [0.717, 1.165) is 45.3 Å². The fraction of sp³-hybridized carbons (Fsp3) is 0.200. The molecule has 0 atom stereocenters. The van der Waals surface area contributed by atoms with E-state index in [2.05, 4.69) is 11.4 Å². The summed E-state index contributed by atoms with van der Waals surface area (Å²) < 4.78 is 23.0. The van der Waals surface area contributed by atoms with Crippen LogP contribution < -0.4 is 24.3 Å². The summed E-state index contributed by atoms with van der Waals surface area (Å²) in [5.74, 6) is 2.91. The average Bonchev–Trinajstić information content (AvgIpc) is 2.92. The molecule has 0 aromatic heterocycles. The van der Waals surface area contributed by atoms with E-state index in [1.54, 1.807) is 14.2 Å². The second kappa shape index (κ2) is 12.5. The van der Waals surface area contributed by atoms with Crippen molar-refractivity contribution in [3.8, 4) is 23.0 Å². The third-order valence-electron chi connectivity index (χ3n) is 5.59. The lowest BCUT2D eigenvalue weighted by Crippen LogP contribution is -2.13. The molecule has 1 N–H and O–H groups in total. The average molecular weight is 470 g/mol. The van der Waals surface area contributed by atoms with Gasteiger partial charge in [-0.15, -0.1) is 0 Å². The van der Waals surface area contributed by atoms with E-state index in [1.807, 2.05) is 91.0 Å². The molecule has 180 valence electrons. The number of rotatable bonds is 12. The summed E-state index contributed by atoms with van der Waals surface area (Å²) in [6.07, 6.45) is 0. The van der Waals surface area contributed by atoms with Crippen molar-refractivity contribution >= 4 is 0 Å². The molecular formula is C30H31NO4. The van der Waals surface area contributed by atoms with Gasteiger partial charge in [0.1, 0.15) is 13.2 Å². The smallest absolute Gasteiger partial charge is 0.161 e. The van der Waals surface area contributed by atoms with Crippen LogP contribution in [-0.4, -0.2) is 14.2 Å². The van der Waals surface area contributed by atoms with Crippen LogP contribution in [0.25, 0.3) is 0 Å². The number of hydrogen-bond acceptors (Lipinski definition) is 5. The van der Waals surface area contributed by atoms with Crippen LogP contribution in [0.3, 0.4) is 0 Å². The van der Waals surface area contributed by atoms with Crippen molar-refractivity contribution in [2.45, 2.75) is 26.3 Å². The SMILES string of the molecule is COc1cc(CNCc2ccc(OC)c(OCc3ccccc3)c2)ccc1OCc1ccccc1. The summed E-state index contributed by atoms with van der Waals surface area (Å²) in [4.78, 5) is 0. The summed E-state index contributed by atoms with van der Waals surface area (Å²) in [6.45, 7) is 2.38. The molecule has 0 radical (unpaired) electrons. The van der Waals surface area contributed by atoms with Gasteiger partial charge in [-0.05, 0) is 46.5 Å². The fourth-order valence-corrected chi connectivity index (χ4v) is 3.71. The Labute approximate surface area is 207 Å². The molecule has 0 amide bonds. The first-order valence-electron chi connectivity index (χ1n) is 11.6. The minimum absolute atomic E-state index is 0.493. The first kappa shape index (κ1) is 24.2. The minimum atomic E-state index is 0.493. The number of nitrogens with one attached hydrogen (secondary N) is 1. The molecule has 4 aromatic carbocycles. The zero-order valence-electron chi connectivity index (χ0n) is 20.2. The van der Waals surface area contributed by atoms with Crippen LogP contribution in [0.15, 0.2) is 97.1 Å². The standard InChI is InChI=1S/C30H31NO4/c1-32-27-15-13-26(18-30(27)35-22-24-11-7-4-8-12-24)20-31-19-25-14-16-28(29(17-25)33-2)34-21-23-9-5-3-6-10-23/h3-18,31H,19-22H2,1-2H3. The van der Waals surface area contributed by atoms with Crippen LogP contribution >= 0.6 is 0 Å². The van der Waals surface area contributed by atoms with E-state index in [4.69, 9.17) is 18.9 Å². The molecule has 4 aromatic rings. The Hall–Kier alpha value is -3.96. The highest BCUT2D eigenvalue weighted by Gasteiger charge is 2.09. The van der Waals surface area contributed by atoms with E-state index in [9.17, 15) is 0 Å². The third kappa shape index (κ3) is 7.01. The van der Waals surface area contributed by atoms with Crippen LogP contribution in [-0.2, 0) is 26.3 Å². The highest BCUT2D eigenvalue weighted by Crippen LogP contribution is 2.30. The quantitative estimate of drug-likeness (QED) is 0.270. The maximum Gasteiger partial charge on any atom is 0.161 e. The first-order valence-corrected chi connectivity index (χ1v) is 11.6. The van der Waals surface area contributed by atoms with E-state index >= 15 is 0 Å². The predicted octanol–water partition coefficient (Wildman–Crippen LogP) is 6.15. The minimum Gasteiger partial charge on any atom is -0.493 e. The zero-order chi connectivity index (χ0) is 24.3. The van der Waals surface area contributed by atoms with Gasteiger partial charge in [-0.2, -0.15) is 0 Å². The normalized spacial score (nSPS) is 10.6. The highest BCUT2D eigenvalue weighted by atomic mass is 16.5. The number of benzene rings is 4. The monoisotopic (exact) mass is 469 g/mol. The lowest BCUT2D eigenvalue weighted by molar-refractivity contribution is 0.284. The number of ether oxygens (including phenoxy) is 4. The van der Waals surface area contributed by atoms with Crippen LogP contribution in [0.1, 0.15) is 22.3 Å². The van der Waals surface area contributed by atoms with Gasteiger partial charge in [0.15, 0.2) is 23.0 Å². The molecular weight excluding hydrogens is 438 g/mol. The van der Waals surface area contributed by atoms with Gasteiger partial charge in [-0.25, -0.2) is 0 Å². The zero-order valence-corrected chi connectivity index (χ0v) is 20.2. The summed E-state index contributed by atoms with van der Waals surface area (Å²) in [7, 11) is 3.32. The van der Waals surface area contributed by atoms with Crippen molar-refractivity contribution in [3.05, 3.63) is 119 Å². The molecule has 0 aliphatic heterocycles. The van der Waals surface area contributed by atoms with Gasteiger partial charge in [0, 0.05) is 13.1 Å². The number of hydrogen-bond donors (Lipinski definition) is 1.